The summed E-state index contributed by atoms with van der Waals surface area (Å²) in [6, 6.07) is 13.4. The van der Waals surface area contributed by atoms with Crippen molar-refractivity contribution in [3.63, 3.8) is 0 Å². The summed E-state index contributed by atoms with van der Waals surface area (Å²) < 4.78 is 17.3. The molecule has 0 aromatic heterocycles. The van der Waals surface area contributed by atoms with Gasteiger partial charge < -0.3 is 14.2 Å². The van der Waals surface area contributed by atoms with Crippen LogP contribution in [0.15, 0.2) is 40.9 Å². The van der Waals surface area contributed by atoms with Gasteiger partial charge in [-0.2, -0.15) is 5.26 Å². The van der Waals surface area contributed by atoms with Crippen molar-refractivity contribution < 1.29 is 14.2 Å². The van der Waals surface area contributed by atoms with Gasteiger partial charge in [-0.05, 0) is 54.5 Å². The Morgan fingerprint density at radius 3 is 2.44 bits per heavy atom. The second kappa shape index (κ2) is 9.14. The lowest BCUT2D eigenvalue weighted by Gasteiger charge is -2.11. The van der Waals surface area contributed by atoms with Crippen LogP contribution in [0.5, 0.6) is 17.2 Å². The van der Waals surface area contributed by atoms with Crippen LogP contribution < -0.4 is 14.2 Å². The Labute approximate surface area is 156 Å². The Morgan fingerprint density at radius 2 is 1.80 bits per heavy atom. The Balaban J connectivity index is 2.47. The van der Waals surface area contributed by atoms with E-state index in [9.17, 15) is 5.26 Å². The monoisotopic (exact) mass is 401 g/mol. The van der Waals surface area contributed by atoms with Crippen LogP contribution in [0.4, 0.5) is 0 Å². The lowest BCUT2D eigenvalue weighted by atomic mass is 10.0. The van der Waals surface area contributed by atoms with Crippen LogP contribution >= 0.6 is 15.9 Å². The number of rotatable bonds is 7. The summed E-state index contributed by atoms with van der Waals surface area (Å²) in [6.45, 7) is 2.68. The van der Waals surface area contributed by atoms with Gasteiger partial charge in [0.2, 0.25) is 0 Å². The molecule has 0 spiro atoms. The molecular weight excluding hydrogens is 382 g/mol. The highest BCUT2D eigenvalue weighted by molar-refractivity contribution is 9.10. The van der Waals surface area contributed by atoms with E-state index < -0.39 is 0 Å². The highest BCUT2D eigenvalue weighted by atomic mass is 79.9. The summed E-state index contributed by atoms with van der Waals surface area (Å²) in [4.78, 5) is 0. The molecule has 2 rings (SSSR count). The quantitative estimate of drug-likeness (QED) is 0.465. The summed E-state index contributed by atoms with van der Waals surface area (Å²) in [5, 5.41) is 9.62. The van der Waals surface area contributed by atoms with Gasteiger partial charge in [-0.25, -0.2) is 0 Å². The molecule has 0 aliphatic rings. The van der Waals surface area contributed by atoms with Crippen molar-refractivity contribution in [2.45, 2.75) is 13.3 Å². The normalized spacial score (nSPS) is 10.9. The second-order valence-corrected chi connectivity index (χ2v) is 6.19. The van der Waals surface area contributed by atoms with Gasteiger partial charge in [-0.3, -0.25) is 0 Å². The summed E-state index contributed by atoms with van der Waals surface area (Å²) in [5.41, 5.74) is 2.11. The molecule has 0 aliphatic carbocycles. The first kappa shape index (κ1) is 18.9. The Morgan fingerprint density at radius 1 is 1.08 bits per heavy atom. The Hall–Kier alpha value is -2.45. The van der Waals surface area contributed by atoms with Gasteiger partial charge in [0.15, 0.2) is 11.5 Å². The smallest absolute Gasteiger partial charge is 0.161 e. The number of hydrogen-bond acceptors (Lipinski definition) is 4. The van der Waals surface area contributed by atoms with Gasteiger partial charge in [0.25, 0.3) is 0 Å². The molecule has 25 heavy (non-hydrogen) atoms. The van der Waals surface area contributed by atoms with Crippen LogP contribution in [0, 0.1) is 11.3 Å². The maximum atomic E-state index is 9.62. The molecule has 4 nitrogen and oxygen atoms in total. The number of methoxy groups -OCH3 is 2. The molecule has 0 saturated heterocycles. The first-order valence-corrected chi connectivity index (χ1v) is 8.68. The number of ether oxygens (including phenoxy) is 3. The summed E-state index contributed by atoms with van der Waals surface area (Å²) in [6.07, 6.45) is 2.73. The van der Waals surface area contributed by atoms with E-state index in [0.717, 1.165) is 27.8 Å². The third-order valence-corrected chi connectivity index (χ3v) is 4.04. The molecule has 0 fully saturated rings. The van der Waals surface area contributed by atoms with Crippen molar-refractivity contribution in [1.29, 1.82) is 5.26 Å². The van der Waals surface area contributed by atoms with Crippen molar-refractivity contribution >= 4 is 27.6 Å². The van der Waals surface area contributed by atoms with Gasteiger partial charge in [-0.15, -0.1) is 0 Å². The molecule has 2 aromatic rings. The minimum atomic E-state index is 0.514. The molecule has 0 unspecified atom stereocenters. The molecule has 0 atom stereocenters. The zero-order valence-corrected chi connectivity index (χ0v) is 16.1. The fraction of sp³-hybridized carbons (Fsp3) is 0.250. The standard InChI is InChI=1S/C20H20BrNO3/c1-4-9-25-18-8-6-17(21)11-15(18)10-16(13-22)14-5-7-19(23-2)20(12-14)24-3/h5-8,10-12H,4,9H2,1-3H3/b16-10+. The van der Waals surface area contributed by atoms with E-state index in [2.05, 4.69) is 28.9 Å². The van der Waals surface area contributed by atoms with Crippen molar-refractivity contribution in [1.82, 2.24) is 0 Å². The van der Waals surface area contributed by atoms with E-state index >= 15 is 0 Å². The lowest BCUT2D eigenvalue weighted by Crippen LogP contribution is -1.97. The molecular formula is C20H20BrNO3. The highest BCUT2D eigenvalue weighted by Crippen LogP contribution is 2.32. The van der Waals surface area contributed by atoms with E-state index in [-0.39, 0.29) is 0 Å². The van der Waals surface area contributed by atoms with Gasteiger partial charge in [0.05, 0.1) is 32.5 Å². The van der Waals surface area contributed by atoms with Gasteiger partial charge in [0.1, 0.15) is 5.75 Å². The number of nitrogens with zero attached hydrogens (tertiary/aromatic N) is 1. The predicted octanol–water partition coefficient (Wildman–Crippen LogP) is 5.32. The number of benzene rings is 2. The van der Waals surface area contributed by atoms with E-state index in [0.29, 0.717) is 23.7 Å². The average Bonchev–Trinajstić information content (AvgIpc) is 2.64. The fourth-order valence-corrected chi connectivity index (χ4v) is 2.69. The van der Waals surface area contributed by atoms with Crippen LogP contribution in [-0.4, -0.2) is 20.8 Å². The van der Waals surface area contributed by atoms with Crippen molar-refractivity contribution in [2.24, 2.45) is 0 Å². The fourth-order valence-electron chi connectivity index (χ4n) is 2.31. The lowest BCUT2D eigenvalue weighted by molar-refractivity contribution is 0.317. The third-order valence-electron chi connectivity index (χ3n) is 3.55. The van der Waals surface area contributed by atoms with E-state index in [1.54, 1.807) is 26.4 Å². The molecule has 2 aromatic carbocycles. The summed E-state index contributed by atoms with van der Waals surface area (Å²) >= 11 is 3.47. The van der Waals surface area contributed by atoms with Crippen molar-refractivity contribution in [3.8, 4) is 23.3 Å². The Bertz CT molecular complexity index is 809. The number of allylic oxidation sites excluding steroid dienone is 1. The van der Waals surface area contributed by atoms with Gasteiger partial charge in [0, 0.05) is 10.0 Å². The largest absolute Gasteiger partial charge is 0.493 e. The molecule has 0 amide bonds. The van der Waals surface area contributed by atoms with E-state index in [1.807, 2.05) is 30.3 Å². The number of hydrogen-bond donors (Lipinski definition) is 0. The minimum Gasteiger partial charge on any atom is -0.493 e. The first-order valence-electron chi connectivity index (χ1n) is 7.89. The third kappa shape index (κ3) is 4.77. The summed E-state index contributed by atoms with van der Waals surface area (Å²) in [5.74, 6) is 1.95. The van der Waals surface area contributed by atoms with Crippen molar-refractivity contribution in [3.05, 3.63) is 52.0 Å². The molecule has 5 heteroatoms. The molecule has 0 radical (unpaired) electrons. The second-order valence-electron chi connectivity index (χ2n) is 5.27. The van der Waals surface area contributed by atoms with Crippen LogP contribution in [0.3, 0.4) is 0 Å². The maximum Gasteiger partial charge on any atom is 0.161 e. The van der Waals surface area contributed by atoms with Gasteiger partial charge >= 0.3 is 0 Å². The van der Waals surface area contributed by atoms with E-state index in [1.165, 1.54) is 0 Å². The van der Waals surface area contributed by atoms with E-state index in [4.69, 9.17) is 14.2 Å². The maximum absolute atomic E-state index is 9.62. The minimum absolute atomic E-state index is 0.514. The first-order chi connectivity index (χ1) is 12.1. The van der Waals surface area contributed by atoms with Crippen LogP contribution in [0.2, 0.25) is 0 Å². The predicted molar refractivity (Wildman–Crippen MR) is 103 cm³/mol. The number of halogens is 1. The van der Waals surface area contributed by atoms with Gasteiger partial charge in [-0.1, -0.05) is 22.9 Å². The molecule has 130 valence electrons. The zero-order valence-electron chi connectivity index (χ0n) is 14.5. The zero-order chi connectivity index (χ0) is 18.2. The SMILES string of the molecule is CCCOc1ccc(Br)cc1/C=C(\C#N)c1ccc(OC)c(OC)c1. The molecule has 0 bridgehead atoms. The topological polar surface area (TPSA) is 51.5 Å². The van der Waals surface area contributed by atoms with Crippen LogP contribution in [0.25, 0.3) is 11.6 Å². The molecule has 0 heterocycles. The number of nitriles is 1. The Kier molecular flexibility index (Phi) is 6.91. The molecule has 0 N–H and O–H groups in total. The van der Waals surface area contributed by atoms with Crippen molar-refractivity contribution in [2.75, 3.05) is 20.8 Å². The average molecular weight is 402 g/mol. The summed E-state index contributed by atoms with van der Waals surface area (Å²) in [7, 11) is 3.15. The van der Waals surface area contributed by atoms with Crippen LogP contribution in [-0.2, 0) is 0 Å². The van der Waals surface area contributed by atoms with Crippen LogP contribution in [0.1, 0.15) is 24.5 Å². The molecule has 0 aliphatic heterocycles. The molecule has 0 saturated carbocycles. The highest BCUT2D eigenvalue weighted by Gasteiger charge is 2.10.